The Hall–Kier alpha value is -1.12. The highest BCUT2D eigenvalue weighted by Crippen LogP contribution is 2.32. The van der Waals surface area contributed by atoms with Gasteiger partial charge in [0, 0.05) is 18.6 Å². The van der Waals surface area contributed by atoms with Gasteiger partial charge in [0.25, 0.3) is 0 Å². The lowest BCUT2D eigenvalue weighted by Crippen LogP contribution is -2.35. The summed E-state index contributed by atoms with van der Waals surface area (Å²) in [4.78, 5) is 11.7. The molecule has 0 N–H and O–H groups in total. The summed E-state index contributed by atoms with van der Waals surface area (Å²) < 4.78 is 5.33. The zero-order valence-corrected chi connectivity index (χ0v) is 13.0. The summed E-state index contributed by atoms with van der Waals surface area (Å²) in [6, 6.07) is 3.94. The third-order valence-corrected chi connectivity index (χ3v) is 4.02. The molecule has 1 aromatic carbocycles. The molecule has 3 heteroatoms. The normalized spacial score (nSPS) is 14.0. The van der Waals surface area contributed by atoms with Crippen LogP contribution in [0.1, 0.15) is 37.0 Å². The van der Waals surface area contributed by atoms with Crippen molar-refractivity contribution in [3.8, 4) is 0 Å². The molecule has 0 aliphatic carbocycles. The van der Waals surface area contributed by atoms with Crippen LogP contribution < -0.4 is 0 Å². The number of rotatable bonds is 5. The van der Waals surface area contributed by atoms with E-state index in [1.54, 1.807) is 6.92 Å². The molecule has 0 aliphatic heterocycles. The first kappa shape index (κ1) is 15.9. The van der Waals surface area contributed by atoms with Crippen molar-refractivity contribution in [1.82, 2.24) is 0 Å². The molecule has 1 rings (SSSR count). The van der Waals surface area contributed by atoms with Gasteiger partial charge < -0.3 is 4.74 Å². The maximum absolute atomic E-state index is 11.7. The summed E-state index contributed by atoms with van der Waals surface area (Å²) >= 11 is 6.26. The van der Waals surface area contributed by atoms with Crippen molar-refractivity contribution in [3.05, 3.63) is 40.4 Å². The summed E-state index contributed by atoms with van der Waals surface area (Å²) in [7, 11) is 1.54. The molecule has 0 spiro atoms. The maximum Gasteiger partial charge on any atom is 0.161 e. The number of halogens is 1. The van der Waals surface area contributed by atoms with Gasteiger partial charge in [-0.2, -0.15) is 0 Å². The largest absolute Gasteiger partial charge is 0.370 e. The summed E-state index contributed by atoms with van der Waals surface area (Å²) in [5.74, 6) is -0.0175. The number of ketones is 1. The molecule has 0 amide bonds. The predicted molar refractivity (Wildman–Crippen MR) is 80.7 cm³/mol. The van der Waals surface area contributed by atoms with Crippen molar-refractivity contribution < 1.29 is 9.53 Å². The van der Waals surface area contributed by atoms with Crippen LogP contribution in [0.5, 0.6) is 0 Å². The lowest BCUT2D eigenvalue weighted by molar-refractivity contribution is -0.136. The maximum atomic E-state index is 11.7. The van der Waals surface area contributed by atoms with Crippen molar-refractivity contribution in [2.24, 2.45) is 0 Å². The molecule has 2 nitrogen and oxygen atoms in total. The monoisotopic (exact) mass is 280 g/mol. The third-order valence-electron chi connectivity index (χ3n) is 3.71. The van der Waals surface area contributed by atoms with Gasteiger partial charge in [-0.1, -0.05) is 24.2 Å². The molecular formula is C16H21ClO2. The van der Waals surface area contributed by atoms with Crippen molar-refractivity contribution >= 4 is 23.0 Å². The van der Waals surface area contributed by atoms with Crippen molar-refractivity contribution in [3.63, 3.8) is 0 Å². The van der Waals surface area contributed by atoms with E-state index in [1.165, 1.54) is 14.0 Å². The Morgan fingerprint density at radius 3 is 2.37 bits per heavy atom. The van der Waals surface area contributed by atoms with Crippen LogP contribution in [-0.2, 0) is 9.53 Å². The predicted octanol–water partition coefficient (Wildman–Crippen LogP) is 4.35. The quantitative estimate of drug-likeness (QED) is 0.801. The Morgan fingerprint density at radius 1 is 1.37 bits per heavy atom. The van der Waals surface area contributed by atoms with Crippen molar-refractivity contribution in [2.45, 2.75) is 39.7 Å². The third kappa shape index (κ3) is 3.46. The Labute approximate surface area is 120 Å². The number of ether oxygens (including phenoxy) is 1. The van der Waals surface area contributed by atoms with E-state index in [2.05, 4.69) is 6.58 Å². The summed E-state index contributed by atoms with van der Waals surface area (Å²) in [6.45, 7) is 11.4. The van der Waals surface area contributed by atoms with Gasteiger partial charge in [-0.25, -0.2) is 0 Å². The van der Waals surface area contributed by atoms with Gasteiger partial charge in [-0.15, -0.1) is 0 Å². The molecule has 0 saturated heterocycles. The fourth-order valence-corrected chi connectivity index (χ4v) is 2.25. The van der Waals surface area contributed by atoms with Gasteiger partial charge in [-0.05, 0) is 56.0 Å². The molecule has 0 bridgehead atoms. The number of carbonyl (C=O) groups is 1. The zero-order chi connectivity index (χ0) is 14.8. The van der Waals surface area contributed by atoms with E-state index < -0.39 is 5.60 Å². The second-order valence-electron chi connectivity index (χ2n) is 5.19. The first-order chi connectivity index (χ1) is 8.71. The average molecular weight is 281 g/mol. The SMILES string of the molecule is C=C(C[C@@](C)(OC)C(C)=O)c1cc(C)c(C)cc1Cl. The van der Waals surface area contributed by atoms with Crippen LogP contribution in [0.2, 0.25) is 5.02 Å². The topological polar surface area (TPSA) is 26.3 Å². The number of methoxy groups -OCH3 is 1. The first-order valence-electron chi connectivity index (χ1n) is 6.22. The Morgan fingerprint density at radius 2 is 1.89 bits per heavy atom. The van der Waals surface area contributed by atoms with Gasteiger partial charge in [-0.3, -0.25) is 4.79 Å². The van der Waals surface area contributed by atoms with Gasteiger partial charge in [0.1, 0.15) is 5.60 Å². The minimum Gasteiger partial charge on any atom is -0.370 e. The van der Waals surface area contributed by atoms with Crippen LogP contribution in [0.15, 0.2) is 18.7 Å². The Kier molecular flexibility index (Phi) is 4.94. The Bertz CT molecular complexity index is 520. The highest BCUT2D eigenvalue weighted by atomic mass is 35.5. The molecule has 0 fully saturated rings. The summed E-state index contributed by atoms with van der Waals surface area (Å²) in [6.07, 6.45) is 0.432. The minimum atomic E-state index is -0.848. The molecule has 0 radical (unpaired) electrons. The van der Waals surface area contributed by atoms with Gasteiger partial charge in [0.15, 0.2) is 5.78 Å². The smallest absolute Gasteiger partial charge is 0.161 e. The van der Waals surface area contributed by atoms with E-state index in [9.17, 15) is 4.79 Å². The van der Waals surface area contributed by atoms with Crippen LogP contribution in [0.25, 0.3) is 5.57 Å². The average Bonchev–Trinajstić information content (AvgIpc) is 2.33. The van der Waals surface area contributed by atoms with Crippen molar-refractivity contribution in [2.75, 3.05) is 7.11 Å². The van der Waals surface area contributed by atoms with Gasteiger partial charge in [0.2, 0.25) is 0 Å². The van der Waals surface area contributed by atoms with Gasteiger partial charge in [0.05, 0.1) is 0 Å². The lowest BCUT2D eigenvalue weighted by atomic mass is 9.89. The highest BCUT2D eigenvalue weighted by molar-refractivity contribution is 6.32. The second kappa shape index (κ2) is 5.89. The minimum absolute atomic E-state index is 0.0175. The fraction of sp³-hybridized carbons (Fsp3) is 0.438. The Balaban J connectivity index is 3.08. The molecular weight excluding hydrogens is 260 g/mol. The van der Waals surface area contributed by atoms with E-state index in [-0.39, 0.29) is 5.78 Å². The number of benzene rings is 1. The number of hydrogen-bond acceptors (Lipinski definition) is 2. The number of aryl methyl sites for hydroxylation is 2. The van der Waals surface area contributed by atoms with E-state index in [0.29, 0.717) is 11.4 Å². The molecule has 0 aliphatic rings. The first-order valence-corrected chi connectivity index (χ1v) is 6.60. The number of carbonyl (C=O) groups excluding carboxylic acids is 1. The van der Waals surface area contributed by atoms with E-state index >= 15 is 0 Å². The standard InChI is InChI=1S/C16H21ClO2/c1-10-7-14(15(17)8-11(10)2)12(3)9-16(5,19-6)13(4)18/h7-8H,3,9H2,1-2,4-6H3/t16-/m1/s1. The van der Waals surface area contributed by atoms with Gasteiger partial charge >= 0.3 is 0 Å². The fourth-order valence-electron chi connectivity index (χ4n) is 1.89. The molecule has 1 aromatic rings. The molecule has 0 saturated carbocycles. The summed E-state index contributed by atoms with van der Waals surface area (Å²) in [5.41, 5.74) is 3.14. The van der Waals surface area contributed by atoms with Crippen LogP contribution in [-0.4, -0.2) is 18.5 Å². The zero-order valence-electron chi connectivity index (χ0n) is 12.3. The number of Topliss-reactive ketones (excluding diaryl/α,β-unsaturated/α-hetero) is 1. The van der Waals surface area contributed by atoms with Crippen molar-refractivity contribution in [1.29, 1.82) is 0 Å². The highest BCUT2D eigenvalue weighted by Gasteiger charge is 2.30. The molecule has 0 heterocycles. The lowest BCUT2D eigenvalue weighted by Gasteiger charge is -2.26. The molecule has 19 heavy (non-hydrogen) atoms. The van der Waals surface area contributed by atoms with E-state index in [4.69, 9.17) is 16.3 Å². The second-order valence-corrected chi connectivity index (χ2v) is 5.60. The molecule has 0 aromatic heterocycles. The summed E-state index contributed by atoms with van der Waals surface area (Å²) in [5, 5.41) is 0.662. The molecule has 104 valence electrons. The van der Waals surface area contributed by atoms with Crippen LogP contribution in [0.4, 0.5) is 0 Å². The van der Waals surface area contributed by atoms with Crippen LogP contribution in [0.3, 0.4) is 0 Å². The van der Waals surface area contributed by atoms with Crippen LogP contribution in [0, 0.1) is 13.8 Å². The van der Waals surface area contributed by atoms with E-state index in [0.717, 1.165) is 22.3 Å². The molecule has 1 atom stereocenters. The number of hydrogen-bond donors (Lipinski definition) is 0. The molecule has 0 unspecified atom stereocenters. The van der Waals surface area contributed by atoms with E-state index in [1.807, 2.05) is 26.0 Å². The van der Waals surface area contributed by atoms with Crippen LogP contribution >= 0.6 is 11.6 Å².